The standard InChI is InChI=1S/C14H20N4O2S/c1-3-18-9-13(16-11-18)21(19,20)17-14(2,10-15)12-7-5-4-6-8-12/h4-9,11,17H,3,10,15H2,1-2H3. The molecule has 0 saturated carbocycles. The van der Waals surface area contributed by atoms with Crippen LogP contribution in [0.3, 0.4) is 0 Å². The Labute approximate surface area is 125 Å². The van der Waals surface area contributed by atoms with E-state index in [1.165, 1.54) is 12.5 Å². The molecule has 1 heterocycles. The van der Waals surface area contributed by atoms with Crippen molar-refractivity contribution in [3.63, 3.8) is 0 Å². The van der Waals surface area contributed by atoms with E-state index in [0.29, 0.717) is 6.54 Å². The first-order chi connectivity index (χ1) is 9.91. The third-order valence-corrected chi connectivity index (χ3v) is 4.91. The average molecular weight is 308 g/mol. The van der Waals surface area contributed by atoms with Gasteiger partial charge in [-0.2, -0.15) is 4.72 Å². The molecule has 21 heavy (non-hydrogen) atoms. The Hall–Kier alpha value is -1.70. The molecule has 1 atom stereocenters. The van der Waals surface area contributed by atoms with Crippen LogP contribution >= 0.6 is 0 Å². The predicted octanol–water partition coefficient (Wildman–Crippen LogP) is 1.06. The van der Waals surface area contributed by atoms with E-state index >= 15 is 0 Å². The third kappa shape index (κ3) is 3.31. The summed E-state index contributed by atoms with van der Waals surface area (Å²) in [4.78, 5) is 3.94. The normalized spacial score (nSPS) is 14.8. The summed E-state index contributed by atoms with van der Waals surface area (Å²) in [5.41, 5.74) is 5.74. The molecular formula is C14H20N4O2S. The molecule has 0 saturated heterocycles. The maximum absolute atomic E-state index is 12.5. The van der Waals surface area contributed by atoms with Crippen LogP contribution in [0.1, 0.15) is 19.4 Å². The molecule has 1 unspecified atom stereocenters. The maximum atomic E-state index is 12.5. The fourth-order valence-electron chi connectivity index (χ4n) is 2.02. The minimum atomic E-state index is -3.73. The number of benzene rings is 1. The van der Waals surface area contributed by atoms with Crippen molar-refractivity contribution >= 4 is 10.0 Å². The smallest absolute Gasteiger partial charge is 0.260 e. The third-order valence-electron chi connectivity index (χ3n) is 3.43. The highest BCUT2D eigenvalue weighted by Crippen LogP contribution is 2.22. The zero-order chi connectivity index (χ0) is 15.5. The molecule has 0 aliphatic heterocycles. The van der Waals surface area contributed by atoms with Crippen molar-refractivity contribution in [1.82, 2.24) is 14.3 Å². The molecule has 2 aromatic rings. The summed E-state index contributed by atoms with van der Waals surface area (Å²) in [5, 5.41) is -0.0000406. The largest absolute Gasteiger partial charge is 0.336 e. The molecule has 6 nitrogen and oxygen atoms in total. The van der Waals surface area contributed by atoms with Gasteiger partial charge < -0.3 is 10.3 Å². The topological polar surface area (TPSA) is 90.0 Å². The van der Waals surface area contributed by atoms with Crippen LogP contribution in [0.4, 0.5) is 0 Å². The average Bonchev–Trinajstić information content (AvgIpc) is 2.97. The van der Waals surface area contributed by atoms with Crippen LogP contribution < -0.4 is 10.5 Å². The van der Waals surface area contributed by atoms with Crippen LogP contribution in [0.15, 0.2) is 47.9 Å². The van der Waals surface area contributed by atoms with Crippen molar-refractivity contribution in [3.05, 3.63) is 48.4 Å². The lowest BCUT2D eigenvalue weighted by atomic mass is 9.94. The minimum Gasteiger partial charge on any atom is -0.336 e. The van der Waals surface area contributed by atoms with Gasteiger partial charge in [0, 0.05) is 19.3 Å². The number of aryl methyl sites for hydroxylation is 1. The molecule has 114 valence electrons. The Kier molecular flexibility index (Phi) is 4.46. The molecule has 0 fully saturated rings. The number of sulfonamides is 1. The van der Waals surface area contributed by atoms with E-state index < -0.39 is 15.6 Å². The van der Waals surface area contributed by atoms with Crippen molar-refractivity contribution in [1.29, 1.82) is 0 Å². The Morgan fingerprint density at radius 1 is 1.33 bits per heavy atom. The molecule has 0 aliphatic carbocycles. The number of hydrogen-bond donors (Lipinski definition) is 2. The Balaban J connectivity index is 2.33. The Morgan fingerprint density at radius 3 is 2.52 bits per heavy atom. The van der Waals surface area contributed by atoms with Gasteiger partial charge in [-0.3, -0.25) is 0 Å². The summed E-state index contributed by atoms with van der Waals surface area (Å²) in [6.07, 6.45) is 3.00. The molecule has 3 N–H and O–H groups in total. The molecule has 0 spiro atoms. The van der Waals surface area contributed by atoms with Gasteiger partial charge in [0.25, 0.3) is 10.0 Å². The highest BCUT2D eigenvalue weighted by Gasteiger charge is 2.32. The van der Waals surface area contributed by atoms with Crippen LogP contribution in [-0.4, -0.2) is 24.5 Å². The molecule has 1 aromatic carbocycles. The van der Waals surface area contributed by atoms with Crippen molar-refractivity contribution < 1.29 is 8.42 Å². The summed E-state index contributed by atoms with van der Waals surface area (Å²) >= 11 is 0. The second-order valence-electron chi connectivity index (χ2n) is 5.05. The fourth-order valence-corrected chi connectivity index (χ4v) is 3.38. The molecule has 0 aliphatic rings. The molecule has 0 amide bonds. The Bertz CT molecular complexity index is 697. The number of hydrogen-bond acceptors (Lipinski definition) is 4. The van der Waals surface area contributed by atoms with E-state index in [4.69, 9.17) is 5.73 Å². The van der Waals surface area contributed by atoms with E-state index in [9.17, 15) is 8.42 Å². The maximum Gasteiger partial charge on any atom is 0.260 e. The zero-order valence-electron chi connectivity index (χ0n) is 12.2. The first-order valence-corrected chi connectivity index (χ1v) is 8.21. The summed E-state index contributed by atoms with van der Waals surface area (Å²) in [5.74, 6) is 0. The van der Waals surface area contributed by atoms with Gasteiger partial charge in [0.05, 0.1) is 11.9 Å². The quantitative estimate of drug-likeness (QED) is 0.835. The first-order valence-electron chi connectivity index (χ1n) is 6.72. The second kappa shape index (κ2) is 5.97. The van der Waals surface area contributed by atoms with Crippen LogP contribution in [0.2, 0.25) is 0 Å². The number of imidazole rings is 1. The highest BCUT2D eigenvalue weighted by molar-refractivity contribution is 7.89. The number of rotatable bonds is 6. The summed E-state index contributed by atoms with van der Waals surface area (Å²) < 4.78 is 29.3. The molecule has 0 radical (unpaired) electrons. The van der Waals surface area contributed by atoms with E-state index in [-0.39, 0.29) is 11.6 Å². The summed E-state index contributed by atoms with van der Waals surface area (Å²) in [7, 11) is -3.73. The van der Waals surface area contributed by atoms with Gasteiger partial charge >= 0.3 is 0 Å². The fraction of sp³-hybridized carbons (Fsp3) is 0.357. The van der Waals surface area contributed by atoms with Gasteiger partial charge in [0.1, 0.15) is 0 Å². The van der Waals surface area contributed by atoms with Crippen LogP contribution in [0, 0.1) is 0 Å². The van der Waals surface area contributed by atoms with Crippen molar-refractivity contribution in [3.8, 4) is 0 Å². The van der Waals surface area contributed by atoms with E-state index in [1.807, 2.05) is 37.3 Å². The lowest BCUT2D eigenvalue weighted by molar-refractivity contribution is 0.440. The van der Waals surface area contributed by atoms with Gasteiger partial charge in [-0.15, -0.1) is 0 Å². The molecular weight excluding hydrogens is 288 g/mol. The molecule has 7 heteroatoms. The SMILES string of the molecule is CCn1cnc(S(=O)(=O)NC(C)(CN)c2ccccc2)c1. The monoisotopic (exact) mass is 308 g/mol. The summed E-state index contributed by atoms with van der Waals surface area (Å²) in [6, 6.07) is 9.27. The predicted molar refractivity (Wildman–Crippen MR) is 81.1 cm³/mol. The van der Waals surface area contributed by atoms with Crippen LogP contribution in [-0.2, 0) is 22.1 Å². The highest BCUT2D eigenvalue weighted by atomic mass is 32.2. The number of nitrogens with one attached hydrogen (secondary N) is 1. The molecule has 2 rings (SSSR count). The van der Waals surface area contributed by atoms with Crippen molar-refractivity contribution in [2.45, 2.75) is 31.0 Å². The van der Waals surface area contributed by atoms with Gasteiger partial charge in [0.15, 0.2) is 5.03 Å². The zero-order valence-corrected chi connectivity index (χ0v) is 13.0. The van der Waals surface area contributed by atoms with Crippen molar-refractivity contribution in [2.24, 2.45) is 5.73 Å². The minimum absolute atomic E-state index is 0.0000406. The molecule has 0 bridgehead atoms. The van der Waals surface area contributed by atoms with Gasteiger partial charge in [-0.1, -0.05) is 30.3 Å². The lowest BCUT2D eigenvalue weighted by Gasteiger charge is -2.29. The summed E-state index contributed by atoms with van der Waals surface area (Å²) in [6.45, 7) is 4.48. The number of nitrogens with two attached hydrogens (primary N) is 1. The van der Waals surface area contributed by atoms with E-state index in [0.717, 1.165) is 5.56 Å². The van der Waals surface area contributed by atoms with Crippen molar-refractivity contribution in [2.75, 3.05) is 6.54 Å². The van der Waals surface area contributed by atoms with E-state index in [2.05, 4.69) is 9.71 Å². The van der Waals surface area contributed by atoms with Crippen LogP contribution in [0.5, 0.6) is 0 Å². The van der Waals surface area contributed by atoms with Crippen LogP contribution in [0.25, 0.3) is 0 Å². The number of aromatic nitrogens is 2. The first kappa shape index (κ1) is 15.7. The number of nitrogens with zero attached hydrogens (tertiary/aromatic N) is 2. The second-order valence-corrected chi connectivity index (χ2v) is 6.68. The van der Waals surface area contributed by atoms with E-state index in [1.54, 1.807) is 11.5 Å². The molecule has 1 aromatic heterocycles. The van der Waals surface area contributed by atoms with Gasteiger partial charge in [-0.05, 0) is 19.4 Å². The van der Waals surface area contributed by atoms with Gasteiger partial charge in [-0.25, -0.2) is 13.4 Å². The Morgan fingerprint density at radius 2 is 2.00 bits per heavy atom. The van der Waals surface area contributed by atoms with Gasteiger partial charge in [0.2, 0.25) is 0 Å². The lowest BCUT2D eigenvalue weighted by Crippen LogP contribution is -2.48.